The third-order valence-corrected chi connectivity index (χ3v) is 9.66. The number of phenols is 2. The Hall–Kier alpha value is -6.16. The van der Waals surface area contributed by atoms with E-state index in [0.717, 1.165) is 63.4 Å². The lowest BCUT2D eigenvalue weighted by Crippen LogP contribution is -2.24. The van der Waals surface area contributed by atoms with E-state index in [1.807, 2.05) is 24.3 Å². The van der Waals surface area contributed by atoms with Crippen molar-refractivity contribution in [2.45, 2.75) is 78.6 Å². The number of carbonyl (C=O) groups is 2. The number of phenolic OH excluding ortho intramolecular Hbond substituents is 2. The number of nitrogens with one attached hydrogen (secondary N) is 1. The highest BCUT2D eigenvalue weighted by atomic mass is 16.5. The molecule has 0 fully saturated rings. The van der Waals surface area contributed by atoms with Crippen LogP contribution >= 0.6 is 0 Å². The number of rotatable bonds is 19. The molecular formula is C46H50N2O8. The molecule has 0 aromatic heterocycles. The van der Waals surface area contributed by atoms with Crippen LogP contribution in [0.1, 0.15) is 110 Å². The highest BCUT2D eigenvalue weighted by Crippen LogP contribution is 2.50. The second-order valence-corrected chi connectivity index (χ2v) is 13.9. The summed E-state index contributed by atoms with van der Waals surface area (Å²) in [6, 6.07) is 24.3. The number of unbranched alkanes of at least 4 members (excludes halogenated alkanes) is 5. The number of nitrogens with two attached hydrogens (primary N) is 1. The molecule has 5 aromatic carbocycles. The number of nitrogen functional groups attached to an aromatic ring is 1. The van der Waals surface area contributed by atoms with E-state index in [-0.39, 0.29) is 45.1 Å². The zero-order valence-electron chi connectivity index (χ0n) is 32.3. The molecule has 6 rings (SSSR count). The van der Waals surface area contributed by atoms with Gasteiger partial charge in [-0.05, 0) is 91.9 Å². The minimum absolute atomic E-state index is 0.0624. The molecule has 292 valence electrons. The fourth-order valence-corrected chi connectivity index (χ4v) is 6.58. The van der Waals surface area contributed by atoms with Crippen LogP contribution in [0.2, 0.25) is 0 Å². The molecule has 5 aromatic rings. The van der Waals surface area contributed by atoms with E-state index in [2.05, 4.69) is 26.1 Å². The average molecular weight is 759 g/mol. The van der Waals surface area contributed by atoms with Crippen LogP contribution in [0.5, 0.6) is 46.0 Å². The Morgan fingerprint density at radius 3 is 1.54 bits per heavy atom. The van der Waals surface area contributed by atoms with Crippen LogP contribution in [0, 0.1) is 0 Å². The van der Waals surface area contributed by atoms with Crippen molar-refractivity contribution in [1.29, 1.82) is 0 Å². The molecule has 0 amide bonds. The van der Waals surface area contributed by atoms with Gasteiger partial charge in [0, 0.05) is 23.5 Å². The fourth-order valence-electron chi connectivity index (χ4n) is 6.58. The number of aryl methyl sites for hydroxylation is 1. The predicted octanol–water partition coefficient (Wildman–Crippen LogP) is 11.3. The number of anilines is 3. The first-order valence-corrected chi connectivity index (χ1v) is 19.5. The molecular weight excluding hydrogens is 709 g/mol. The van der Waals surface area contributed by atoms with Gasteiger partial charge in [-0.25, -0.2) is 0 Å². The smallest absolute Gasteiger partial charge is 0.200 e. The van der Waals surface area contributed by atoms with Gasteiger partial charge in [0.2, 0.25) is 11.6 Å². The van der Waals surface area contributed by atoms with Gasteiger partial charge in [0.25, 0.3) is 0 Å². The third-order valence-electron chi connectivity index (χ3n) is 9.66. The van der Waals surface area contributed by atoms with E-state index in [9.17, 15) is 19.8 Å². The maximum Gasteiger partial charge on any atom is 0.200 e. The summed E-state index contributed by atoms with van der Waals surface area (Å²) in [6.45, 7) is 7.59. The lowest BCUT2D eigenvalue weighted by atomic mass is 9.81. The van der Waals surface area contributed by atoms with Crippen molar-refractivity contribution in [1.82, 2.24) is 0 Å². The normalized spacial score (nSPS) is 11.8. The number of hydrogen-bond donors (Lipinski definition) is 4. The standard InChI is InChI=1S/C46H50N2O8/c1-4-7-10-25-53-31-17-21-33(22-18-31)55-37-27-35(47)39-41(43(37)49)46(52)40-36(48-30-15-13-29(14-16-30)12-9-6-3)28-38(44(50)42(40)45(39)51)56-34-23-19-32(20-24-34)54-26-11-8-5-2/h13-24,27-28,48-50H,4-12,25-26,47H2,1-3H3. The molecule has 0 aliphatic heterocycles. The summed E-state index contributed by atoms with van der Waals surface area (Å²) in [4.78, 5) is 28.9. The zero-order valence-corrected chi connectivity index (χ0v) is 32.3. The number of aromatic hydroxyl groups is 2. The highest BCUT2D eigenvalue weighted by Gasteiger charge is 2.40. The predicted molar refractivity (Wildman–Crippen MR) is 219 cm³/mol. The van der Waals surface area contributed by atoms with Crippen molar-refractivity contribution in [3.63, 3.8) is 0 Å². The van der Waals surface area contributed by atoms with Crippen LogP contribution in [-0.2, 0) is 6.42 Å². The molecule has 5 N–H and O–H groups in total. The molecule has 0 unspecified atom stereocenters. The Morgan fingerprint density at radius 1 is 0.554 bits per heavy atom. The molecule has 0 saturated carbocycles. The van der Waals surface area contributed by atoms with E-state index in [4.69, 9.17) is 24.7 Å². The minimum Gasteiger partial charge on any atom is -0.504 e. The fraction of sp³-hybridized carbons (Fsp3) is 0.304. The molecule has 10 heteroatoms. The quantitative estimate of drug-likeness (QED) is 0.0357. The van der Waals surface area contributed by atoms with Gasteiger partial charge in [-0.15, -0.1) is 0 Å². The molecule has 1 aliphatic carbocycles. The summed E-state index contributed by atoms with van der Waals surface area (Å²) in [5, 5.41) is 26.5. The highest BCUT2D eigenvalue weighted by molar-refractivity contribution is 6.34. The summed E-state index contributed by atoms with van der Waals surface area (Å²) < 4.78 is 23.8. The molecule has 0 spiro atoms. The number of carbonyl (C=O) groups excluding carboxylic acids is 2. The second-order valence-electron chi connectivity index (χ2n) is 13.9. The van der Waals surface area contributed by atoms with Crippen LogP contribution < -0.4 is 30.0 Å². The lowest BCUT2D eigenvalue weighted by molar-refractivity contribution is 0.0974. The summed E-state index contributed by atoms with van der Waals surface area (Å²) in [6.07, 6.45) is 9.29. The van der Waals surface area contributed by atoms with E-state index in [1.165, 1.54) is 12.1 Å². The maximum absolute atomic E-state index is 14.5. The lowest BCUT2D eigenvalue weighted by Gasteiger charge is -2.25. The van der Waals surface area contributed by atoms with E-state index in [0.29, 0.717) is 41.9 Å². The Kier molecular flexibility index (Phi) is 13.0. The van der Waals surface area contributed by atoms with Crippen molar-refractivity contribution in [2.75, 3.05) is 24.3 Å². The summed E-state index contributed by atoms with van der Waals surface area (Å²) >= 11 is 0. The largest absolute Gasteiger partial charge is 0.504 e. The van der Waals surface area contributed by atoms with Crippen molar-refractivity contribution in [3.05, 3.63) is 113 Å². The monoisotopic (exact) mass is 758 g/mol. The number of hydrogen-bond acceptors (Lipinski definition) is 10. The van der Waals surface area contributed by atoms with Crippen LogP contribution in [0.25, 0.3) is 0 Å². The van der Waals surface area contributed by atoms with E-state index < -0.39 is 23.1 Å². The SMILES string of the molecule is CCCCCOc1ccc(Oc2cc(N)c3c(c2O)C(=O)c2c(Nc4ccc(CCCC)cc4)cc(Oc4ccc(OCCCCC)cc4)c(O)c2C3=O)cc1. The average Bonchev–Trinajstić information content (AvgIpc) is 3.20. The number of benzene rings is 5. The van der Waals surface area contributed by atoms with E-state index in [1.54, 1.807) is 48.5 Å². The molecule has 0 atom stereocenters. The molecule has 0 bridgehead atoms. The van der Waals surface area contributed by atoms with Gasteiger partial charge in [-0.3, -0.25) is 9.59 Å². The van der Waals surface area contributed by atoms with Crippen LogP contribution in [0.4, 0.5) is 17.1 Å². The molecule has 0 heterocycles. The molecule has 0 saturated heterocycles. The number of fused-ring (bicyclic) bond motifs is 2. The topological polar surface area (TPSA) is 150 Å². The van der Waals surface area contributed by atoms with Gasteiger partial charge in [0.1, 0.15) is 23.0 Å². The molecule has 10 nitrogen and oxygen atoms in total. The first-order chi connectivity index (χ1) is 27.2. The second kappa shape index (κ2) is 18.4. The Balaban J connectivity index is 1.35. The van der Waals surface area contributed by atoms with Crippen LogP contribution in [0.3, 0.4) is 0 Å². The van der Waals surface area contributed by atoms with Crippen molar-refractivity contribution < 1.29 is 38.7 Å². The molecule has 56 heavy (non-hydrogen) atoms. The van der Waals surface area contributed by atoms with Gasteiger partial charge in [0.15, 0.2) is 23.0 Å². The Bertz CT molecular complexity index is 2150. The van der Waals surface area contributed by atoms with Gasteiger partial charge < -0.3 is 40.2 Å². The summed E-state index contributed by atoms with van der Waals surface area (Å²) in [5.74, 6) is -0.678. The maximum atomic E-state index is 14.5. The number of ether oxygens (including phenoxy) is 4. The van der Waals surface area contributed by atoms with Gasteiger partial charge in [0.05, 0.1) is 41.2 Å². The first kappa shape index (κ1) is 39.5. The third kappa shape index (κ3) is 9.03. The minimum atomic E-state index is -0.754. The summed E-state index contributed by atoms with van der Waals surface area (Å²) in [7, 11) is 0. The van der Waals surface area contributed by atoms with Gasteiger partial charge in [-0.2, -0.15) is 0 Å². The van der Waals surface area contributed by atoms with Crippen LogP contribution in [-0.4, -0.2) is 35.0 Å². The zero-order chi connectivity index (χ0) is 39.6. The van der Waals surface area contributed by atoms with Gasteiger partial charge in [-0.1, -0.05) is 65.0 Å². The summed E-state index contributed by atoms with van der Waals surface area (Å²) in [5.41, 5.74) is 7.31. The van der Waals surface area contributed by atoms with Crippen molar-refractivity contribution >= 4 is 28.6 Å². The van der Waals surface area contributed by atoms with Crippen molar-refractivity contribution in [2.24, 2.45) is 0 Å². The first-order valence-electron chi connectivity index (χ1n) is 19.5. The van der Waals surface area contributed by atoms with Gasteiger partial charge >= 0.3 is 0 Å². The Morgan fingerprint density at radius 2 is 1.02 bits per heavy atom. The molecule has 0 radical (unpaired) electrons. The van der Waals surface area contributed by atoms with E-state index >= 15 is 0 Å². The van der Waals surface area contributed by atoms with Crippen molar-refractivity contribution in [3.8, 4) is 46.0 Å². The Labute approximate surface area is 328 Å². The number of ketones is 2. The molecule has 1 aliphatic rings. The van der Waals surface area contributed by atoms with Crippen LogP contribution in [0.15, 0.2) is 84.9 Å².